The van der Waals surface area contributed by atoms with Crippen molar-refractivity contribution < 1.29 is 19.5 Å². The molecule has 1 aliphatic rings. The van der Waals surface area contributed by atoms with Gasteiger partial charge < -0.3 is 25.6 Å². The number of carbonyl (C=O) groups excluding carboxylic acids is 2. The van der Waals surface area contributed by atoms with Crippen molar-refractivity contribution in [1.29, 1.82) is 0 Å². The highest BCUT2D eigenvalue weighted by molar-refractivity contribution is 5.88. The molecule has 138 valence electrons. The number of nitrogens with zero attached hydrogens (tertiary/aromatic N) is 1. The number of fused-ring (bicyclic) bond motifs is 1. The number of benzene rings is 1. The van der Waals surface area contributed by atoms with Crippen LogP contribution in [0.15, 0.2) is 30.5 Å². The molecule has 8 nitrogen and oxygen atoms in total. The summed E-state index contributed by atoms with van der Waals surface area (Å²) in [4.78, 5) is 40.2. The zero-order valence-electron chi connectivity index (χ0n) is 14.3. The fraction of sp³-hybridized carbons (Fsp3) is 0.389. The maximum absolute atomic E-state index is 12.0. The van der Waals surface area contributed by atoms with Gasteiger partial charge in [-0.2, -0.15) is 0 Å². The molecule has 3 amide bonds. The number of carboxylic acid groups (broad SMARTS) is 1. The maximum atomic E-state index is 12.0. The van der Waals surface area contributed by atoms with Crippen LogP contribution in [0.2, 0.25) is 0 Å². The molecule has 0 radical (unpaired) electrons. The molecule has 2 heterocycles. The van der Waals surface area contributed by atoms with E-state index in [1.54, 1.807) is 11.1 Å². The fourth-order valence-corrected chi connectivity index (χ4v) is 3.16. The maximum Gasteiger partial charge on any atom is 0.326 e. The summed E-state index contributed by atoms with van der Waals surface area (Å²) in [6, 6.07) is 5.81. The Morgan fingerprint density at radius 3 is 2.65 bits per heavy atom. The number of amides is 3. The summed E-state index contributed by atoms with van der Waals surface area (Å²) in [6.07, 6.45) is 3.84. The van der Waals surface area contributed by atoms with Crippen LogP contribution < -0.4 is 10.6 Å². The second kappa shape index (κ2) is 7.90. The number of nitrogens with one attached hydrogen (secondary N) is 3. The molecule has 0 spiro atoms. The van der Waals surface area contributed by atoms with Gasteiger partial charge in [-0.05, 0) is 24.5 Å². The largest absolute Gasteiger partial charge is 0.480 e. The molecule has 1 atom stereocenters. The van der Waals surface area contributed by atoms with Gasteiger partial charge in [0.05, 0.1) is 6.54 Å². The van der Waals surface area contributed by atoms with E-state index < -0.39 is 18.0 Å². The molecule has 1 aromatic carbocycles. The van der Waals surface area contributed by atoms with Crippen molar-refractivity contribution in [2.75, 3.05) is 19.6 Å². The average molecular weight is 358 g/mol. The van der Waals surface area contributed by atoms with Crippen LogP contribution in [0.5, 0.6) is 0 Å². The predicted molar refractivity (Wildman–Crippen MR) is 95.8 cm³/mol. The smallest absolute Gasteiger partial charge is 0.326 e. The minimum absolute atomic E-state index is 0.134. The average Bonchev–Trinajstić information content (AvgIpc) is 3.29. The summed E-state index contributed by atoms with van der Waals surface area (Å²) in [5.74, 6) is -1.28. The number of aliphatic carboxylic acids is 1. The molecule has 1 saturated heterocycles. The Bertz CT molecular complexity index is 810. The Hall–Kier alpha value is -3.03. The number of rotatable bonds is 6. The van der Waals surface area contributed by atoms with Crippen LogP contribution >= 0.6 is 0 Å². The van der Waals surface area contributed by atoms with Crippen molar-refractivity contribution in [3.63, 3.8) is 0 Å². The number of aromatic amines is 1. The van der Waals surface area contributed by atoms with E-state index >= 15 is 0 Å². The molecule has 2 aromatic rings. The highest BCUT2D eigenvalue weighted by Gasteiger charge is 2.23. The van der Waals surface area contributed by atoms with Gasteiger partial charge in [0.1, 0.15) is 6.04 Å². The van der Waals surface area contributed by atoms with Crippen LogP contribution in [0.4, 0.5) is 4.79 Å². The lowest BCUT2D eigenvalue weighted by Crippen LogP contribution is -2.49. The summed E-state index contributed by atoms with van der Waals surface area (Å²) in [5.41, 5.74) is 1.72. The molecule has 0 saturated carbocycles. The fourth-order valence-electron chi connectivity index (χ4n) is 3.16. The first-order chi connectivity index (χ1) is 12.5. The minimum Gasteiger partial charge on any atom is -0.480 e. The standard InChI is InChI=1S/C18H22N4O4/c23-16(22-7-3-4-8-22)11-20-18(26)21-15(17(24)25)9-12-10-19-14-6-2-1-5-13(12)14/h1-2,5-6,10,15,19H,3-4,7-9,11H2,(H,24,25)(H2,20,21,26)/t15-/m0/s1. The second-order valence-electron chi connectivity index (χ2n) is 6.37. The van der Waals surface area contributed by atoms with Gasteiger partial charge in [0.15, 0.2) is 0 Å². The zero-order valence-corrected chi connectivity index (χ0v) is 14.3. The summed E-state index contributed by atoms with van der Waals surface area (Å²) in [6.45, 7) is 1.28. The Labute approximate surface area is 150 Å². The number of likely N-dealkylation sites (tertiary alicyclic amines) is 1. The normalized spacial score (nSPS) is 15.0. The monoisotopic (exact) mass is 358 g/mol. The predicted octanol–water partition coefficient (Wildman–Crippen LogP) is 1.09. The van der Waals surface area contributed by atoms with E-state index in [0.717, 1.165) is 29.3 Å². The van der Waals surface area contributed by atoms with E-state index in [2.05, 4.69) is 15.6 Å². The number of H-pyrrole nitrogens is 1. The summed E-state index contributed by atoms with van der Waals surface area (Å²) < 4.78 is 0. The molecule has 3 rings (SSSR count). The van der Waals surface area contributed by atoms with Crippen molar-refractivity contribution >= 4 is 28.8 Å². The van der Waals surface area contributed by atoms with Gasteiger partial charge in [0.25, 0.3) is 0 Å². The first-order valence-electron chi connectivity index (χ1n) is 8.64. The SMILES string of the molecule is O=C(NCC(=O)N1CCCC1)N[C@@H](Cc1c[nH]c2ccccc12)C(=O)O. The molecule has 0 bridgehead atoms. The van der Waals surface area contributed by atoms with Gasteiger partial charge in [-0.3, -0.25) is 4.79 Å². The Balaban J connectivity index is 1.57. The molecule has 0 unspecified atom stereocenters. The lowest BCUT2D eigenvalue weighted by Gasteiger charge is -2.17. The molecule has 0 aliphatic carbocycles. The molecule has 1 aliphatic heterocycles. The van der Waals surface area contributed by atoms with Gasteiger partial charge in [-0.1, -0.05) is 18.2 Å². The van der Waals surface area contributed by atoms with E-state index in [9.17, 15) is 19.5 Å². The molecule has 4 N–H and O–H groups in total. The van der Waals surface area contributed by atoms with Gasteiger partial charge in [0, 0.05) is 36.6 Å². The Morgan fingerprint density at radius 1 is 1.19 bits per heavy atom. The number of hydrogen-bond donors (Lipinski definition) is 4. The number of hydrogen-bond acceptors (Lipinski definition) is 3. The van der Waals surface area contributed by atoms with Crippen LogP contribution in [-0.2, 0) is 16.0 Å². The summed E-state index contributed by atoms with van der Waals surface area (Å²) in [7, 11) is 0. The van der Waals surface area contributed by atoms with E-state index in [1.807, 2.05) is 24.3 Å². The third kappa shape index (κ3) is 4.14. The summed E-state index contributed by atoms with van der Waals surface area (Å²) in [5, 5.41) is 15.2. The Kier molecular flexibility index (Phi) is 5.40. The van der Waals surface area contributed by atoms with Crippen molar-refractivity contribution in [2.24, 2.45) is 0 Å². The quantitative estimate of drug-likeness (QED) is 0.619. The first kappa shape index (κ1) is 17.8. The highest BCUT2D eigenvalue weighted by atomic mass is 16.4. The lowest BCUT2D eigenvalue weighted by molar-refractivity contribution is -0.139. The van der Waals surface area contributed by atoms with Crippen LogP contribution in [-0.4, -0.2) is 58.6 Å². The van der Waals surface area contributed by atoms with E-state index in [-0.39, 0.29) is 18.9 Å². The molecule has 8 heteroatoms. The summed E-state index contributed by atoms with van der Waals surface area (Å²) >= 11 is 0. The molecular formula is C18H22N4O4. The van der Waals surface area contributed by atoms with Gasteiger partial charge in [0.2, 0.25) is 5.91 Å². The third-order valence-electron chi connectivity index (χ3n) is 4.56. The minimum atomic E-state index is -1.13. The van der Waals surface area contributed by atoms with Crippen molar-refractivity contribution in [2.45, 2.75) is 25.3 Å². The number of aromatic nitrogens is 1. The number of carboxylic acids is 1. The lowest BCUT2D eigenvalue weighted by atomic mass is 10.1. The van der Waals surface area contributed by atoms with Crippen LogP contribution in [0.3, 0.4) is 0 Å². The van der Waals surface area contributed by atoms with E-state index in [4.69, 9.17) is 0 Å². The molecule has 26 heavy (non-hydrogen) atoms. The van der Waals surface area contributed by atoms with E-state index in [1.165, 1.54) is 0 Å². The first-order valence-corrected chi connectivity index (χ1v) is 8.64. The molecule has 1 aromatic heterocycles. The third-order valence-corrected chi connectivity index (χ3v) is 4.56. The van der Waals surface area contributed by atoms with Crippen LogP contribution in [0.25, 0.3) is 10.9 Å². The number of urea groups is 1. The zero-order chi connectivity index (χ0) is 18.5. The molecule has 1 fully saturated rings. The van der Waals surface area contributed by atoms with Crippen molar-refractivity contribution in [1.82, 2.24) is 20.5 Å². The van der Waals surface area contributed by atoms with Gasteiger partial charge in [-0.15, -0.1) is 0 Å². The second-order valence-corrected chi connectivity index (χ2v) is 6.37. The van der Waals surface area contributed by atoms with Gasteiger partial charge in [-0.25, -0.2) is 9.59 Å². The number of carbonyl (C=O) groups is 3. The van der Waals surface area contributed by atoms with Crippen molar-refractivity contribution in [3.8, 4) is 0 Å². The van der Waals surface area contributed by atoms with E-state index in [0.29, 0.717) is 13.1 Å². The van der Waals surface area contributed by atoms with Crippen molar-refractivity contribution in [3.05, 3.63) is 36.0 Å². The Morgan fingerprint density at radius 2 is 1.92 bits per heavy atom. The van der Waals surface area contributed by atoms with Crippen LogP contribution in [0, 0.1) is 0 Å². The van der Waals surface area contributed by atoms with Crippen LogP contribution in [0.1, 0.15) is 18.4 Å². The molecular weight excluding hydrogens is 336 g/mol. The highest BCUT2D eigenvalue weighted by Crippen LogP contribution is 2.19. The topological polar surface area (TPSA) is 115 Å². The number of para-hydroxylation sites is 1. The van der Waals surface area contributed by atoms with Gasteiger partial charge >= 0.3 is 12.0 Å².